The molecule has 1 aliphatic heterocycles. The second-order valence-corrected chi connectivity index (χ2v) is 4.99. The van der Waals surface area contributed by atoms with Crippen molar-refractivity contribution in [2.75, 3.05) is 19.6 Å². The zero-order valence-electron chi connectivity index (χ0n) is 8.22. The summed E-state index contributed by atoms with van der Waals surface area (Å²) in [7, 11) is -3.63. The highest BCUT2D eigenvalue weighted by Crippen LogP contribution is 2.16. The molecular formula is C7H15N3O4S. The van der Waals surface area contributed by atoms with Crippen molar-refractivity contribution in [1.29, 1.82) is 0 Å². The Kier molecular flexibility index (Phi) is 3.89. The second-order valence-electron chi connectivity index (χ2n) is 3.61. The number of hydrogen-bond acceptors (Lipinski definition) is 3. The molecule has 8 heteroatoms. The van der Waals surface area contributed by atoms with Gasteiger partial charge in [0.25, 0.3) is 10.2 Å². The van der Waals surface area contributed by atoms with Crippen LogP contribution in [0.4, 0.5) is 4.79 Å². The van der Waals surface area contributed by atoms with Gasteiger partial charge >= 0.3 is 6.09 Å². The molecule has 0 saturated carbocycles. The van der Waals surface area contributed by atoms with Gasteiger partial charge in [0.15, 0.2) is 0 Å². The summed E-state index contributed by atoms with van der Waals surface area (Å²) in [6.07, 6.45) is 0.400. The highest BCUT2D eigenvalue weighted by atomic mass is 32.2. The first kappa shape index (κ1) is 12.2. The SMILES string of the molecule is NS(=O)(=O)NCC1CCN(C(=O)O)CC1. The molecule has 88 valence electrons. The summed E-state index contributed by atoms with van der Waals surface area (Å²) in [5, 5.41) is 13.5. The summed E-state index contributed by atoms with van der Waals surface area (Å²) in [6, 6.07) is 0. The van der Waals surface area contributed by atoms with E-state index < -0.39 is 16.3 Å². The fourth-order valence-electron chi connectivity index (χ4n) is 1.56. The molecule has 0 aromatic rings. The average molecular weight is 237 g/mol. The number of likely N-dealkylation sites (tertiary alicyclic amines) is 1. The number of amides is 1. The van der Waals surface area contributed by atoms with Crippen LogP contribution in [0, 0.1) is 5.92 Å². The first-order chi connectivity index (χ1) is 6.88. The molecule has 0 aliphatic carbocycles. The van der Waals surface area contributed by atoms with Crippen molar-refractivity contribution in [3.05, 3.63) is 0 Å². The Morgan fingerprint density at radius 2 is 2.00 bits per heavy atom. The minimum absolute atomic E-state index is 0.166. The number of carboxylic acid groups (broad SMARTS) is 1. The third-order valence-corrected chi connectivity index (χ3v) is 3.03. The second kappa shape index (κ2) is 4.77. The molecular weight excluding hydrogens is 222 g/mol. The molecule has 0 bridgehead atoms. The molecule has 1 fully saturated rings. The fraction of sp³-hybridized carbons (Fsp3) is 0.857. The van der Waals surface area contributed by atoms with Crippen molar-refractivity contribution in [3.8, 4) is 0 Å². The Labute approximate surface area is 88.4 Å². The van der Waals surface area contributed by atoms with Crippen LogP contribution in [-0.4, -0.2) is 44.2 Å². The van der Waals surface area contributed by atoms with Gasteiger partial charge in [0.2, 0.25) is 0 Å². The van der Waals surface area contributed by atoms with Crippen LogP contribution in [-0.2, 0) is 10.2 Å². The Morgan fingerprint density at radius 3 is 2.40 bits per heavy atom. The normalized spacial score (nSPS) is 19.1. The van der Waals surface area contributed by atoms with Crippen LogP contribution >= 0.6 is 0 Å². The van der Waals surface area contributed by atoms with Gasteiger partial charge in [-0.3, -0.25) is 0 Å². The van der Waals surface area contributed by atoms with E-state index >= 15 is 0 Å². The van der Waals surface area contributed by atoms with E-state index in [0.717, 1.165) is 0 Å². The number of nitrogens with one attached hydrogen (secondary N) is 1. The average Bonchev–Trinajstić information content (AvgIpc) is 2.14. The molecule has 0 unspecified atom stereocenters. The van der Waals surface area contributed by atoms with Crippen molar-refractivity contribution in [3.63, 3.8) is 0 Å². The van der Waals surface area contributed by atoms with Crippen LogP contribution in [0.3, 0.4) is 0 Å². The van der Waals surface area contributed by atoms with Crippen LogP contribution in [0.5, 0.6) is 0 Å². The van der Waals surface area contributed by atoms with Crippen molar-refractivity contribution in [1.82, 2.24) is 9.62 Å². The zero-order chi connectivity index (χ0) is 11.5. The van der Waals surface area contributed by atoms with E-state index in [1.54, 1.807) is 0 Å². The Balaban J connectivity index is 2.29. The van der Waals surface area contributed by atoms with Gasteiger partial charge in [-0.1, -0.05) is 0 Å². The van der Waals surface area contributed by atoms with Gasteiger partial charge in [-0.2, -0.15) is 8.42 Å². The minimum atomic E-state index is -3.63. The molecule has 0 radical (unpaired) electrons. The molecule has 7 nitrogen and oxygen atoms in total. The zero-order valence-corrected chi connectivity index (χ0v) is 9.03. The molecule has 1 heterocycles. The molecule has 0 atom stereocenters. The fourth-order valence-corrected chi connectivity index (χ4v) is 2.03. The highest BCUT2D eigenvalue weighted by Gasteiger charge is 2.22. The van der Waals surface area contributed by atoms with E-state index in [9.17, 15) is 13.2 Å². The van der Waals surface area contributed by atoms with Crippen molar-refractivity contribution in [2.45, 2.75) is 12.8 Å². The summed E-state index contributed by atoms with van der Waals surface area (Å²) in [5.74, 6) is 0.166. The summed E-state index contributed by atoms with van der Waals surface area (Å²) in [6.45, 7) is 1.19. The minimum Gasteiger partial charge on any atom is -0.465 e. The van der Waals surface area contributed by atoms with Gasteiger partial charge in [-0.05, 0) is 18.8 Å². The lowest BCUT2D eigenvalue weighted by Gasteiger charge is -2.29. The predicted octanol–water partition coefficient (Wildman–Crippen LogP) is -0.830. The van der Waals surface area contributed by atoms with E-state index in [1.807, 2.05) is 0 Å². The van der Waals surface area contributed by atoms with Crippen molar-refractivity contribution >= 4 is 16.3 Å². The molecule has 1 amide bonds. The number of rotatable bonds is 3. The maximum atomic E-state index is 10.6. The van der Waals surface area contributed by atoms with Gasteiger partial charge in [0, 0.05) is 19.6 Å². The number of nitrogens with zero attached hydrogens (tertiary/aromatic N) is 1. The van der Waals surface area contributed by atoms with Crippen LogP contribution in [0.2, 0.25) is 0 Å². The number of nitrogens with two attached hydrogens (primary N) is 1. The number of hydrogen-bond donors (Lipinski definition) is 3. The summed E-state index contributed by atoms with van der Waals surface area (Å²) < 4.78 is 23.4. The van der Waals surface area contributed by atoms with Gasteiger partial charge < -0.3 is 10.0 Å². The maximum absolute atomic E-state index is 10.6. The van der Waals surface area contributed by atoms with Gasteiger partial charge in [0.05, 0.1) is 0 Å². The molecule has 1 rings (SSSR count). The first-order valence-electron chi connectivity index (χ1n) is 4.64. The standard InChI is InChI=1S/C7H15N3O4S/c8-15(13,14)9-5-6-1-3-10(4-2-6)7(11)12/h6,9H,1-5H2,(H,11,12)(H2,8,13,14). The lowest BCUT2D eigenvalue weighted by molar-refractivity contribution is 0.125. The number of piperidine rings is 1. The topological polar surface area (TPSA) is 113 Å². The van der Waals surface area contributed by atoms with Gasteiger partial charge in [-0.25, -0.2) is 14.7 Å². The molecule has 0 spiro atoms. The van der Waals surface area contributed by atoms with E-state index in [2.05, 4.69) is 4.72 Å². The van der Waals surface area contributed by atoms with E-state index in [0.29, 0.717) is 25.9 Å². The van der Waals surface area contributed by atoms with E-state index in [1.165, 1.54) is 4.90 Å². The highest BCUT2D eigenvalue weighted by molar-refractivity contribution is 7.87. The Bertz CT molecular complexity index is 321. The number of carbonyl (C=O) groups is 1. The molecule has 15 heavy (non-hydrogen) atoms. The van der Waals surface area contributed by atoms with Gasteiger partial charge in [0.1, 0.15) is 0 Å². The van der Waals surface area contributed by atoms with Crippen LogP contribution < -0.4 is 9.86 Å². The van der Waals surface area contributed by atoms with Crippen molar-refractivity contribution in [2.24, 2.45) is 11.1 Å². The predicted molar refractivity (Wildman–Crippen MR) is 53.4 cm³/mol. The Hall–Kier alpha value is -0.860. The molecule has 4 N–H and O–H groups in total. The largest absolute Gasteiger partial charge is 0.465 e. The third kappa shape index (κ3) is 4.45. The summed E-state index contributed by atoms with van der Waals surface area (Å²) in [5.41, 5.74) is 0. The van der Waals surface area contributed by atoms with Crippen LogP contribution in [0.15, 0.2) is 0 Å². The van der Waals surface area contributed by atoms with E-state index in [-0.39, 0.29) is 12.5 Å². The lowest BCUT2D eigenvalue weighted by atomic mass is 9.97. The van der Waals surface area contributed by atoms with Crippen LogP contribution in [0.1, 0.15) is 12.8 Å². The monoisotopic (exact) mass is 237 g/mol. The molecule has 1 aliphatic rings. The third-order valence-electron chi connectivity index (χ3n) is 2.46. The lowest BCUT2D eigenvalue weighted by Crippen LogP contribution is -2.42. The molecule has 0 aromatic heterocycles. The molecule has 0 aromatic carbocycles. The van der Waals surface area contributed by atoms with Crippen LogP contribution in [0.25, 0.3) is 0 Å². The molecule has 1 saturated heterocycles. The summed E-state index contributed by atoms with van der Waals surface area (Å²) >= 11 is 0. The maximum Gasteiger partial charge on any atom is 0.407 e. The Morgan fingerprint density at radius 1 is 1.47 bits per heavy atom. The quantitative estimate of drug-likeness (QED) is 0.594. The van der Waals surface area contributed by atoms with E-state index in [4.69, 9.17) is 10.2 Å². The summed E-state index contributed by atoms with van der Waals surface area (Å²) in [4.78, 5) is 11.9. The van der Waals surface area contributed by atoms with Gasteiger partial charge in [-0.15, -0.1) is 0 Å². The first-order valence-corrected chi connectivity index (χ1v) is 6.18. The van der Waals surface area contributed by atoms with Crippen molar-refractivity contribution < 1.29 is 18.3 Å². The smallest absolute Gasteiger partial charge is 0.407 e.